The van der Waals surface area contributed by atoms with Crippen LogP contribution in [0.15, 0.2) is 16.9 Å². The van der Waals surface area contributed by atoms with E-state index in [9.17, 15) is 9.90 Å². The lowest BCUT2D eigenvalue weighted by Crippen LogP contribution is -2.19. The molecule has 1 aromatic rings. The van der Waals surface area contributed by atoms with E-state index in [2.05, 4.69) is 0 Å². The summed E-state index contributed by atoms with van der Waals surface area (Å²) < 4.78 is 1.18. The Labute approximate surface area is 75.7 Å². The maximum absolute atomic E-state index is 11.3. The third kappa shape index (κ3) is 2.09. The average Bonchev–Trinajstić information content (AvgIpc) is 2.02. The molecule has 0 unspecified atom stereocenters. The first-order chi connectivity index (χ1) is 6.15. The van der Waals surface area contributed by atoms with Gasteiger partial charge in [0.15, 0.2) is 5.88 Å². The maximum Gasteiger partial charge on any atom is 0.253 e. The molecule has 0 bridgehead atoms. The van der Waals surface area contributed by atoms with Gasteiger partial charge in [0.1, 0.15) is 0 Å². The third-order valence-electron chi connectivity index (χ3n) is 1.70. The predicted octanol–water partition coefficient (Wildman–Crippen LogP) is 0.776. The molecule has 0 aromatic carbocycles. The van der Waals surface area contributed by atoms with Gasteiger partial charge in [-0.25, -0.2) is 0 Å². The van der Waals surface area contributed by atoms with Crippen molar-refractivity contribution in [2.45, 2.75) is 19.9 Å². The molecule has 4 heteroatoms. The van der Waals surface area contributed by atoms with Crippen LogP contribution in [0.25, 0.3) is 0 Å². The molecule has 0 aliphatic heterocycles. The first-order valence-electron chi connectivity index (χ1n) is 3.92. The quantitative estimate of drug-likeness (QED) is 0.727. The molecule has 0 atom stereocenters. The summed E-state index contributed by atoms with van der Waals surface area (Å²) >= 11 is 0. The molecule has 4 nitrogen and oxygen atoms in total. The first kappa shape index (κ1) is 9.33. The van der Waals surface area contributed by atoms with Gasteiger partial charge in [0.05, 0.1) is 12.5 Å². The molecular weight excluding hydrogens is 168 g/mol. The largest absolute Gasteiger partial charge is 0.494 e. The molecule has 1 rings (SSSR count). The molecule has 68 valence electrons. The summed E-state index contributed by atoms with van der Waals surface area (Å²) in [5.74, 6) is -0.0831. The molecule has 0 aliphatic carbocycles. The van der Waals surface area contributed by atoms with Gasteiger partial charge in [-0.2, -0.15) is 5.26 Å². The lowest BCUT2D eigenvalue weighted by Gasteiger charge is -2.05. The van der Waals surface area contributed by atoms with Gasteiger partial charge in [-0.05, 0) is 12.5 Å². The van der Waals surface area contributed by atoms with Gasteiger partial charge < -0.3 is 5.11 Å². The number of aromatic hydroxyl groups is 1. The van der Waals surface area contributed by atoms with Crippen LogP contribution in [0.4, 0.5) is 0 Å². The van der Waals surface area contributed by atoms with Gasteiger partial charge in [-0.15, -0.1) is 0 Å². The highest BCUT2D eigenvalue weighted by molar-refractivity contribution is 5.19. The molecule has 0 saturated heterocycles. The van der Waals surface area contributed by atoms with E-state index in [1.165, 1.54) is 16.7 Å². The fraction of sp³-hybridized carbons (Fsp3) is 0.333. The van der Waals surface area contributed by atoms with Gasteiger partial charge in [0.2, 0.25) is 0 Å². The summed E-state index contributed by atoms with van der Waals surface area (Å²) in [6.07, 6.45) is 0.219. The minimum Gasteiger partial charge on any atom is -0.494 e. The Balaban J connectivity index is 3.08. The fourth-order valence-electron chi connectivity index (χ4n) is 1.10. The highest BCUT2D eigenvalue weighted by Gasteiger charge is 2.02. The smallest absolute Gasteiger partial charge is 0.253 e. The Morgan fingerprint density at radius 2 is 2.31 bits per heavy atom. The van der Waals surface area contributed by atoms with Gasteiger partial charge in [0, 0.05) is 18.7 Å². The van der Waals surface area contributed by atoms with Crippen molar-refractivity contribution in [3.05, 3.63) is 28.0 Å². The van der Waals surface area contributed by atoms with Crippen molar-refractivity contribution >= 4 is 0 Å². The highest BCUT2D eigenvalue weighted by Crippen LogP contribution is 2.07. The van der Waals surface area contributed by atoms with Crippen LogP contribution in [-0.2, 0) is 6.54 Å². The summed E-state index contributed by atoms with van der Waals surface area (Å²) in [6.45, 7) is 1.97. The van der Waals surface area contributed by atoms with Crippen LogP contribution in [0.2, 0.25) is 0 Å². The fourth-order valence-corrected chi connectivity index (χ4v) is 1.10. The minimum atomic E-state index is -0.271. The molecular formula is C9H10N2O2. The lowest BCUT2D eigenvalue weighted by molar-refractivity contribution is 0.407. The van der Waals surface area contributed by atoms with Gasteiger partial charge >= 0.3 is 0 Å². The molecule has 0 fully saturated rings. The van der Waals surface area contributed by atoms with E-state index in [0.717, 1.165) is 5.56 Å². The van der Waals surface area contributed by atoms with E-state index >= 15 is 0 Å². The topological polar surface area (TPSA) is 66.0 Å². The number of aryl methyl sites for hydroxylation is 1. The Morgan fingerprint density at radius 1 is 1.62 bits per heavy atom. The molecule has 0 saturated carbocycles. The lowest BCUT2D eigenvalue weighted by atomic mass is 10.3. The number of rotatable bonds is 2. The molecule has 1 N–H and O–H groups in total. The van der Waals surface area contributed by atoms with Crippen molar-refractivity contribution in [1.82, 2.24) is 4.57 Å². The third-order valence-corrected chi connectivity index (χ3v) is 1.70. The van der Waals surface area contributed by atoms with Crippen LogP contribution in [-0.4, -0.2) is 9.67 Å². The van der Waals surface area contributed by atoms with Crippen molar-refractivity contribution in [3.8, 4) is 11.9 Å². The highest BCUT2D eigenvalue weighted by atomic mass is 16.3. The van der Waals surface area contributed by atoms with E-state index in [1.54, 1.807) is 6.92 Å². The summed E-state index contributed by atoms with van der Waals surface area (Å²) in [5.41, 5.74) is 0.448. The van der Waals surface area contributed by atoms with E-state index in [1.807, 2.05) is 6.07 Å². The second-order valence-electron chi connectivity index (χ2n) is 2.79. The second kappa shape index (κ2) is 3.76. The van der Waals surface area contributed by atoms with E-state index in [-0.39, 0.29) is 24.4 Å². The van der Waals surface area contributed by atoms with Crippen molar-refractivity contribution in [1.29, 1.82) is 5.26 Å². The molecule has 0 spiro atoms. The van der Waals surface area contributed by atoms with Crippen LogP contribution < -0.4 is 5.56 Å². The summed E-state index contributed by atoms with van der Waals surface area (Å²) in [6, 6.07) is 4.84. The Bertz CT molecular complexity index is 401. The number of hydrogen-bond acceptors (Lipinski definition) is 3. The Hall–Kier alpha value is -1.76. The summed E-state index contributed by atoms with van der Waals surface area (Å²) in [7, 11) is 0. The number of nitrogens with zero attached hydrogens (tertiary/aromatic N) is 2. The molecule has 0 amide bonds. The van der Waals surface area contributed by atoms with Crippen LogP contribution in [0.1, 0.15) is 12.0 Å². The van der Waals surface area contributed by atoms with Crippen molar-refractivity contribution in [2.75, 3.05) is 0 Å². The first-order valence-corrected chi connectivity index (χ1v) is 3.92. The van der Waals surface area contributed by atoms with E-state index < -0.39 is 0 Å². The molecule has 0 radical (unpaired) electrons. The van der Waals surface area contributed by atoms with E-state index in [0.29, 0.717) is 0 Å². The summed E-state index contributed by atoms with van der Waals surface area (Å²) in [4.78, 5) is 11.3. The van der Waals surface area contributed by atoms with E-state index in [4.69, 9.17) is 5.26 Å². The molecule has 0 aliphatic rings. The predicted molar refractivity (Wildman–Crippen MR) is 47.3 cm³/mol. The molecule has 1 heterocycles. The normalized spacial score (nSPS) is 9.54. The zero-order chi connectivity index (χ0) is 9.84. The van der Waals surface area contributed by atoms with Crippen molar-refractivity contribution < 1.29 is 5.11 Å². The van der Waals surface area contributed by atoms with Gasteiger partial charge in [-0.3, -0.25) is 9.36 Å². The van der Waals surface area contributed by atoms with Crippen LogP contribution >= 0.6 is 0 Å². The SMILES string of the molecule is Cc1cc(O)n(CCC#N)c(=O)c1. The number of pyridine rings is 1. The van der Waals surface area contributed by atoms with Crippen LogP contribution in [0, 0.1) is 18.3 Å². The van der Waals surface area contributed by atoms with Crippen molar-refractivity contribution in [2.24, 2.45) is 0 Å². The van der Waals surface area contributed by atoms with Gasteiger partial charge in [0.25, 0.3) is 5.56 Å². The zero-order valence-electron chi connectivity index (χ0n) is 7.32. The zero-order valence-corrected chi connectivity index (χ0v) is 7.32. The van der Waals surface area contributed by atoms with Crippen LogP contribution in [0.5, 0.6) is 5.88 Å². The number of aromatic nitrogens is 1. The minimum absolute atomic E-state index is 0.0831. The molecule has 1 aromatic heterocycles. The number of hydrogen-bond donors (Lipinski definition) is 1. The Kier molecular flexibility index (Phi) is 2.70. The molecule has 13 heavy (non-hydrogen) atoms. The second-order valence-corrected chi connectivity index (χ2v) is 2.79. The maximum atomic E-state index is 11.3. The monoisotopic (exact) mass is 178 g/mol. The number of nitriles is 1. The van der Waals surface area contributed by atoms with Gasteiger partial charge in [-0.1, -0.05) is 0 Å². The standard InChI is InChI=1S/C9H10N2O2/c1-7-5-8(12)11(4-2-3-10)9(13)6-7/h5-6,12H,2,4H2,1H3. The summed E-state index contributed by atoms with van der Waals surface area (Å²) in [5, 5.41) is 17.7. The van der Waals surface area contributed by atoms with Crippen molar-refractivity contribution in [3.63, 3.8) is 0 Å². The Morgan fingerprint density at radius 3 is 2.85 bits per heavy atom. The van der Waals surface area contributed by atoms with Crippen LogP contribution in [0.3, 0.4) is 0 Å². The average molecular weight is 178 g/mol.